The molecule has 4 heteroatoms. The van der Waals surface area contributed by atoms with Gasteiger partial charge in [0.1, 0.15) is 0 Å². The third kappa shape index (κ3) is 1.53. The first-order valence-electron chi connectivity index (χ1n) is 4.99. The first kappa shape index (κ1) is 8.53. The summed E-state index contributed by atoms with van der Waals surface area (Å²) in [5.41, 5.74) is 6.78. The molecule has 0 aromatic carbocycles. The predicted octanol–water partition coefficient (Wildman–Crippen LogP) is 1.22. The van der Waals surface area contributed by atoms with Gasteiger partial charge in [-0.1, -0.05) is 18.6 Å². The second-order valence-corrected chi connectivity index (χ2v) is 3.75. The van der Waals surface area contributed by atoms with E-state index < -0.39 is 0 Å². The fourth-order valence-electron chi connectivity index (χ4n) is 1.78. The van der Waals surface area contributed by atoms with Crippen molar-refractivity contribution in [2.24, 2.45) is 5.92 Å². The maximum absolute atomic E-state index is 5.69. The van der Waals surface area contributed by atoms with E-state index in [1.54, 1.807) is 0 Å². The summed E-state index contributed by atoms with van der Waals surface area (Å²) >= 11 is 0. The van der Waals surface area contributed by atoms with Crippen molar-refractivity contribution in [1.29, 1.82) is 0 Å². The van der Waals surface area contributed by atoms with Crippen LogP contribution in [0, 0.1) is 5.92 Å². The van der Waals surface area contributed by atoms with Gasteiger partial charge in [-0.2, -0.15) is 0 Å². The first-order valence-corrected chi connectivity index (χ1v) is 4.99. The van der Waals surface area contributed by atoms with Gasteiger partial charge in [0.15, 0.2) is 5.82 Å². The predicted molar refractivity (Wildman–Crippen MR) is 51.2 cm³/mol. The lowest BCUT2D eigenvalue weighted by molar-refractivity contribution is 0.261. The van der Waals surface area contributed by atoms with Gasteiger partial charge >= 0.3 is 0 Å². The summed E-state index contributed by atoms with van der Waals surface area (Å²) in [6, 6.07) is 0. The third-order valence-electron chi connectivity index (χ3n) is 2.86. The zero-order valence-electron chi connectivity index (χ0n) is 8.03. The maximum Gasteiger partial charge on any atom is 0.169 e. The zero-order valence-corrected chi connectivity index (χ0v) is 8.03. The molecule has 0 amide bonds. The topological polar surface area (TPSA) is 56.7 Å². The molecule has 1 aliphatic rings. The highest BCUT2D eigenvalue weighted by Crippen LogP contribution is 2.28. The standard InChI is InChI=1S/C9H16N4/c1-2-8-9(10)11-12-13(8)6-7-4-3-5-7/h7H,2-6,10H2,1H3. The molecule has 0 spiro atoms. The van der Waals surface area contributed by atoms with Gasteiger partial charge in [0.05, 0.1) is 5.69 Å². The zero-order chi connectivity index (χ0) is 9.26. The third-order valence-corrected chi connectivity index (χ3v) is 2.86. The molecule has 2 N–H and O–H groups in total. The number of hydrogen-bond acceptors (Lipinski definition) is 3. The molecule has 72 valence electrons. The van der Waals surface area contributed by atoms with E-state index >= 15 is 0 Å². The van der Waals surface area contributed by atoms with Gasteiger partial charge in [-0.05, 0) is 25.2 Å². The van der Waals surface area contributed by atoms with E-state index in [0.717, 1.165) is 24.6 Å². The van der Waals surface area contributed by atoms with Crippen LogP contribution in [0.3, 0.4) is 0 Å². The van der Waals surface area contributed by atoms with Crippen LogP contribution >= 0.6 is 0 Å². The number of anilines is 1. The Bertz CT molecular complexity index is 288. The summed E-state index contributed by atoms with van der Waals surface area (Å²) in [6.45, 7) is 3.10. The normalized spacial score (nSPS) is 17.3. The van der Waals surface area contributed by atoms with Crippen molar-refractivity contribution >= 4 is 5.82 Å². The molecule has 4 nitrogen and oxygen atoms in total. The Morgan fingerprint density at radius 3 is 2.85 bits per heavy atom. The summed E-state index contributed by atoms with van der Waals surface area (Å²) < 4.78 is 1.97. The highest BCUT2D eigenvalue weighted by molar-refractivity contribution is 5.32. The Morgan fingerprint density at radius 2 is 2.31 bits per heavy atom. The number of aromatic nitrogens is 3. The molecule has 1 heterocycles. The van der Waals surface area contributed by atoms with E-state index in [4.69, 9.17) is 5.73 Å². The van der Waals surface area contributed by atoms with Crippen LogP contribution in [0.25, 0.3) is 0 Å². The fourth-order valence-corrected chi connectivity index (χ4v) is 1.78. The van der Waals surface area contributed by atoms with Crippen LogP contribution in [0.4, 0.5) is 5.82 Å². The number of nitrogen functional groups attached to an aromatic ring is 1. The van der Waals surface area contributed by atoms with Crippen molar-refractivity contribution in [3.63, 3.8) is 0 Å². The van der Waals surface area contributed by atoms with Crippen LogP contribution in [0.5, 0.6) is 0 Å². The minimum Gasteiger partial charge on any atom is -0.381 e. The molecule has 1 aliphatic carbocycles. The monoisotopic (exact) mass is 180 g/mol. The van der Waals surface area contributed by atoms with Gasteiger partial charge in [-0.25, -0.2) is 4.68 Å². The highest BCUT2D eigenvalue weighted by Gasteiger charge is 2.20. The Hall–Kier alpha value is -1.06. The molecule has 0 bridgehead atoms. The lowest BCUT2D eigenvalue weighted by atomic mass is 9.85. The van der Waals surface area contributed by atoms with E-state index in [1.165, 1.54) is 19.3 Å². The van der Waals surface area contributed by atoms with Crippen LogP contribution in [-0.4, -0.2) is 15.0 Å². The van der Waals surface area contributed by atoms with Crippen molar-refractivity contribution in [2.75, 3.05) is 5.73 Å². The van der Waals surface area contributed by atoms with E-state index in [1.807, 2.05) is 4.68 Å². The molecule has 1 aromatic rings. The number of rotatable bonds is 3. The Balaban J connectivity index is 2.09. The molecule has 13 heavy (non-hydrogen) atoms. The molecule has 0 aliphatic heterocycles. The lowest BCUT2D eigenvalue weighted by Gasteiger charge is -2.25. The average molecular weight is 180 g/mol. The second kappa shape index (κ2) is 3.36. The van der Waals surface area contributed by atoms with Crippen LogP contribution in [0.1, 0.15) is 31.9 Å². The minimum atomic E-state index is 0.599. The van der Waals surface area contributed by atoms with Gasteiger partial charge in [0, 0.05) is 6.54 Å². The molecule has 0 atom stereocenters. The van der Waals surface area contributed by atoms with Gasteiger partial charge in [-0.15, -0.1) is 5.10 Å². The first-order chi connectivity index (χ1) is 6.31. The number of nitrogens with two attached hydrogens (primary N) is 1. The Kier molecular flexibility index (Phi) is 2.20. The molecule has 2 rings (SSSR count). The van der Waals surface area contributed by atoms with Gasteiger partial charge < -0.3 is 5.73 Å². The van der Waals surface area contributed by atoms with Crippen molar-refractivity contribution < 1.29 is 0 Å². The molecule has 0 saturated heterocycles. The molecule has 1 saturated carbocycles. The maximum atomic E-state index is 5.69. The summed E-state index contributed by atoms with van der Waals surface area (Å²) in [5.74, 6) is 1.41. The van der Waals surface area contributed by atoms with Crippen molar-refractivity contribution in [3.05, 3.63) is 5.69 Å². The smallest absolute Gasteiger partial charge is 0.169 e. The van der Waals surface area contributed by atoms with Crippen LogP contribution in [0.15, 0.2) is 0 Å². The number of nitrogens with zero attached hydrogens (tertiary/aromatic N) is 3. The average Bonchev–Trinajstić information content (AvgIpc) is 2.39. The van der Waals surface area contributed by atoms with Crippen molar-refractivity contribution in [1.82, 2.24) is 15.0 Å². The Morgan fingerprint density at radius 1 is 1.54 bits per heavy atom. The lowest BCUT2D eigenvalue weighted by Crippen LogP contribution is -2.20. The second-order valence-electron chi connectivity index (χ2n) is 3.75. The fraction of sp³-hybridized carbons (Fsp3) is 0.778. The van der Waals surface area contributed by atoms with Crippen LogP contribution < -0.4 is 5.73 Å². The highest BCUT2D eigenvalue weighted by atomic mass is 15.4. The molecule has 0 radical (unpaired) electrons. The SMILES string of the molecule is CCc1c(N)nnn1CC1CCC1. The van der Waals surface area contributed by atoms with E-state index in [0.29, 0.717) is 5.82 Å². The van der Waals surface area contributed by atoms with Crippen LogP contribution in [0.2, 0.25) is 0 Å². The summed E-state index contributed by atoms with van der Waals surface area (Å²) in [4.78, 5) is 0. The summed E-state index contributed by atoms with van der Waals surface area (Å²) in [6.07, 6.45) is 4.97. The van der Waals surface area contributed by atoms with E-state index in [2.05, 4.69) is 17.2 Å². The minimum absolute atomic E-state index is 0.599. The van der Waals surface area contributed by atoms with Crippen LogP contribution in [-0.2, 0) is 13.0 Å². The van der Waals surface area contributed by atoms with E-state index in [9.17, 15) is 0 Å². The quantitative estimate of drug-likeness (QED) is 0.761. The number of hydrogen-bond donors (Lipinski definition) is 1. The molecule has 0 unspecified atom stereocenters. The van der Waals surface area contributed by atoms with E-state index in [-0.39, 0.29) is 0 Å². The Labute approximate surface area is 78.1 Å². The van der Waals surface area contributed by atoms with Gasteiger partial charge in [0.2, 0.25) is 0 Å². The van der Waals surface area contributed by atoms with Crippen molar-refractivity contribution in [3.8, 4) is 0 Å². The summed E-state index contributed by atoms with van der Waals surface area (Å²) in [7, 11) is 0. The van der Waals surface area contributed by atoms with Crippen molar-refractivity contribution in [2.45, 2.75) is 39.2 Å². The molecular formula is C9H16N4. The molecule has 1 fully saturated rings. The summed E-state index contributed by atoms with van der Waals surface area (Å²) in [5, 5.41) is 7.94. The largest absolute Gasteiger partial charge is 0.381 e. The molecule has 1 aromatic heterocycles. The van der Waals surface area contributed by atoms with Gasteiger partial charge in [0.25, 0.3) is 0 Å². The van der Waals surface area contributed by atoms with Gasteiger partial charge in [-0.3, -0.25) is 0 Å². The molecular weight excluding hydrogens is 164 g/mol.